The Hall–Kier alpha value is -2.31. The molecule has 1 aromatic heterocycles. The van der Waals surface area contributed by atoms with Gasteiger partial charge >= 0.3 is 5.97 Å². The molecule has 6 nitrogen and oxygen atoms in total. The summed E-state index contributed by atoms with van der Waals surface area (Å²) in [5.41, 5.74) is 0.277. The molecule has 0 aliphatic rings. The topological polar surface area (TPSA) is 88.8 Å². The van der Waals surface area contributed by atoms with E-state index in [1.54, 1.807) is 30.3 Å². The van der Waals surface area contributed by atoms with Gasteiger partial charge in [-0.1, -0.05) is 23.7 Å². The van der Waals surface area contributed by atoms with E-state index in [0.29, 0.717) is 16.3 Å². The molecule has 1 unspecified atom stereocenters. The van der Waals surface area contributed by atoms with Crippen LogP contribution >= 0.6 is 11.6 Å². The maximum atomic E-state index is 12.3. The summed E-state index contributed by atoms with van der Waals surface area (Å²) in [4.78, 5) is 23.7. The monoisotopic (exact) mass is 379 g/mol. The second-order valence-electron chi connectivity index (χ2n) is 6.76. The zero-order valence-electron chi connectivity index (χ0n) is 14.9. The first-order valence-electron chi connectivity index (χ1n) is 8.20. The third-order valence-electron chi connectivity index (χ3n) is 3.51. The quantitative estimate of drug-likeness (QED) is 0.759. The molecule has 1 aromatic carbocycles. The van der Waals surface area contributed by atoms with E-state index in [2.05, 4.69) is 5.32 Å². The SMILES string of the molecule is CC(C)(C)OCCC(NC(=O)c1ccc(-c2ccccc2Cl)o1)C(=O)O. The number of carboxylic acid groups (broad SMARTS) is 1. The molecule has 0 radical (unpaired) electrons. The van der Waals surface area contributed by atoms with Crippen molar-refractivity contribution < 1.29 is 23.8 Å². The Bertz CT molecular complexity index is 778. The molecule has 0 saturated heterocycles. The third-order valence-corrected chi connectivity index (χ3v) is 3.84. The number of aliphatic carboxylic acids is 1. The molecule has 140 valence electrons. The summed E-state index contributed by atoms with van der Waals surface area (Å²) in [5.74, 6) is -1.29. The number of carboxylic acids is 1. The zero-order chi connectivity index (χ0) is 19.3. The average Bonchev–Trinajstić information content (AvgIpc) is 3.02. The molecule has 0 fully saturated rings. The van der Waals surface area contributed by atoms with Crippen LogP contribution in [0.3, 0.4) is 0 Å². The highest BCUT2D eigenvalue weighted by Crippen LogP contribution is 2.29. The normalized spacial score (nSPS) is 12.6. The van der Waals surface area contributed by atoms with E-state index in [0.717, 1.165) is 0 Å². The lowest BCUT2D eigenvalue weighted by Gasteiger charge is -2.21. The lowest BCUT2D eigenvalue weighted by Crippen LogP contribution is -2.41. The fraction of sp³-hybridized carbons (Fsp3) is 0.368. The minimum absolute atomic E-state index is 0.0166. The molecule has 1 heterocycles. The molecule has 2 aromatic rings. The number of nitrogens with one attached hydrogen (secondary N) is 1. The van der Waals surface area contributed by atoms with Crippen molar-refractivity contribution in [3.8, 4) is 11.3 Å². The number of carbonyl (C=O) groups is 2. The molecule has 7 heteroatoms. The van der Waals surface area contributed by atoms with Crippen LogP contribution in [-0.2, 0) is 9.53 Å². The van der Waals surface area contributed by atoms with Gasteiger partial charge in [0.2, 0.25) is 0 Å². The summed E-state index contributed by atoms with van der Waals surface area (Å²) in [6, 6.07) is 9.12. The fourth-order valence-corrected chi connectivity index (χ4v) is 2.46. The predicted molar refractivity (Wildman–Crippen MR) is 98.4 cm³/mol. The Balaban J connectivity index is 2.03. The van der Waals surface area contributed by atoms with Crippen LogP contribution in [0.15, 0.2) is 40.8 Å². The highest BCUT2D eigenvalue weighted by molar-refractivity contribution is 6.33. The molecule has 0 spiro atoms. The lowest BCUT2D eigenvalue weighted by atomic mass is 10.1. The lowest BCUT2D eigenvalue weighted by molar-refractivity contribution is -0.140. The summed E-state index contributed by atoms with van der Waals surface area (Å²) in [5, 5.41) is 12.2. The van der Waals surface area contributed by atoms with Crippen molar-refractivity contribution in [2.24, 2.45) is 0 Å². The summed E-state index contributed by atoms with van der Waals surface area (Å²) >= 11 is 6.12. The van der Waals surface area contributed by atoms with Crippen LogP contribution < -0.4 is 5.32 Å². The second kappa shape index (κ2) is 8.38. The van der Waals surface area contributed by atoms with Gasteiger partial charge in [-0.05, 0) is 45.0 Å². The second-order valence-corrected chi connectivity index (χ2v) is 7.16. The Kier molecular flexibility index (Phi) is 6.45. The first-order chi connectivity index (χ1) is 12.2. The van der Waals surface area contributed by atoms with Crippen LogP contribution in [0, 0.1) is 0 Å². The molecule has 1 amide bonds. The molecule has 2 rings (SSSR count). The van der Waals surface area contributed by atoms with Gasteiger partial charge < -0.3 is 19.6 Å². The minimum Gasteiger partial charge on any atom is -0.480 e. The fourth-order valence-electron chi connectivity index (χ4n) is 2.24. The molecule has 0 aliphatic carbocycles. The number of hydrogen-bond donors (Lipinski definition) is 2. The van der Waals surface area contributed by atoms with E-state index >= 15 is 0 Å². The van der Waals surface area contributed by atoms with E-state index in [-0.39, 0.29) is 24.4 Å². The van der Waals surface area contributed by atoms with E-state index in [9.17, 15) is 14.7 Å². The molecule has 0 saturated carbocycles. The van der Waals surface area contributed by atoms with Crippen molar-refractivity contribution >= 4 is 23.5 Å². The number of carbonyl (C=O) groups excluding carboxylic acids is 1. The van der Waals surface area contributed by atoms with Crippen LogP contribution in [0.1, 0.15) is 37.7 Å². The Labute approximate surface area is 157 Å². The van der Waals surface area contributed by atoms with Crippen molar-refractivity contribution in [2.45, 2.75) is 38.8 Å². The van der Waals surface area contributed by atoms with Gasteiger partial charge in [0.25, 0.3) is 5.91 Å². The van der Waals surface area contributed by atoms with Crippen molar-refractivity contribution in [3.05, 3.63) is 47.2 Å². The number of rotatable bonds is 7. The van der Waals surface area contributed by atoms with Gasteiger partial charge in [-0.2, -0.15) is 0 Å². The Morgan fingerprint density at radius 1 is 1.23 bits per heavy atom. The number of benzene rings is 1. The maximum absolute atomic E-state index is 12.3. The first-order valence-corrected chi connectivity index (χ1v) is 8.57. The number of furan rings is 1. The molecule has 2 N–H and O–H groups in total. The summed E-state index contributed by atoms with van der Waals surface area (Å²) in [7, 11) is 0. The standard InChI is InChI=1S/C19H22ClNO5/c1-19(2,3)25-11-10-14(18(23)24)21-17(22)16-9-8-15(26-16)12-6-4-5-7-13(12)20/h4-9,14H,10-11H2,1-3H3,(H,21,22)(H,23,24). The Morgan fingerprint density at radius 2 is 1.92 bits per heavy atom. The van der Waals surface area contributed by atoms with Crippen molar-refractivity contribution in [2.75, 3.05) is 6.61 Å². The van der Waals surface area contributed by atoms with Gasteiger partial charge in [-0.25, -0.2) is 4.79 Å². The summed E-state index contributed by atoms with van der Waals surface area (Å²) in [6.07, 6.45) is 0.149. The van der Waals surface area contributed by atoms with Gasteiger partial charge in [0.05, 0.1) is 10.6 Å². The zero-order valence-corrected chi connectivity index (χ0v) is 15.7. The van der Waals surface area contributed by atoms with Gasteiger partial charge in [-0.15, -0.1) is 0 Å². The summed E-state index contributed by atoms with van der Waals surface area (Å²) < 4.78 is 11.1. The molecular formula is C19H22ClNO5. The van der Waals surface area contributed by atoms with Crippen LogP contribution in [0.25, 0.3) is 11.3 Å². The van der Waals surface area contributed by atoms with Crippen LogP contribution in [0.5, 0.6) is 0 Å². The van der Waals surface area contributed by atoms with Crippen LogP contribution in [0.4, 0.5) is 0 Å². The number of amides is 1. The maximum Gasteiger partial charge on any atom is 0.326 e. The van der Waals surface area contributed by atoms with E-state index in [1.807, 2.05) is 20.8 Å². The van der Waals surface area contributed by atoms with Crippen LogP contribution in [0.2, 0.25) is 5.02 Å². The summed E-state index contributed by atoms with van der Waals surface area (Å²) in [6.45, 7) is 5.84. The predicted octanol–water partition coefficient (Wildman–Crippen LogP) is 3.99. The van der Waals surface area contributed by atoms with Gasteiger partial charge in [0, 0.05) is 18.6 Å². The van der Waals surface area contributed by atoms with Crippen molar-refractivity contribution in [1.29, 1.82) is 0 Å². The van der Waals surface area contributed by atoms with Crippen molar-refractivity contribution in [3.63, 3.8) is 0 Å². The number of hydrogen-bond acceptors (Lipinski definition) is 4. The van der Waals surface area contributed by atoms with Crippen molar-refractivity contribution in [1.82, 2.24) is 5.32 Å². The highest BCUT2D eigenvalue weighted by atomic mass is 35.5. The molecule has 26 heavy (non-hydrogen) atoms. The number of halogens is 1. The van der Waals surface area contributed by atoms with Gasteiger partial charge in [-0.3, -0.25) is 4.79 Å². The smallest absolute Gasteiger partial charge is 0.326 e. The third kappa shape index (κ3) is 5.61. The van der Waals surface area contributed by atoms with E-state index in [1.165, 1.54) is 6.07 Å². The van der Waals surface area contributed by atoms with Gasteiger partial charge in [0.15, 0.2) is 5.76 Å². The highest BCUT2D eigenvalue weighted by Gasteiger charge is 2.23. The molecular weight excluding hydrogens is 358 g/mol. The van der Waals surface area contributed by atoms with E-state index in [4.69, 9.17) is 20.8 Å². The molecule has 0 aliphatic heterocycles. The van der Waals surface area contributed by atoms with E-state index < -0.39 is 17.9 Å². The van der Waals surface area contributed by atoms with Gasteiger partial charge in [0.1, 0.15) is 11.8 Å². The average molecular weight is 380 g/mol. The largest absolute Gasteiger partial charge is 0.480 e. The molecule has 1 atom stereocenters. The minimum atomic E-state index is -1.13. The first kappa shape index (κ1) is 20.0. The number of ether oxygens (including phenoxy) is 1. The van der Waals surface area contributed by atoms with Crippen LogP contribution in [-0.4, -0.2) is 35.2 Å². The Morgan fingerprint density at radius 3 is 2.54 bits per heavy atom. The molecule has 0 bridgehead atoms.